The van der Waals surface area contributed by atoms with Gasteiger partial charge in [-0.1, -0.05) is 127 Å². The van der Waals surface area contributed by atoms with Gasteiger partial charge in [-0.25, -0.2) is 4.98 Å². The summed E-state index contributed by atoms with van der Waals surface area (Å²) in [5.74, 6) is 0.990. The number of hydrogen-bond donors (Lipinski definition) is 0. The molecule has 230 valence electrons. The second kappa shape index (κ2) is 10.8. The molecular formula is C46H31N3. The van der Waals surface area contributed by atoms with Crippen molar-refractivity contribution in [3.63, 3.8) is 0 Å². The monoisotopic (exact) mass is 625 g/mol. The first-order valence-corrected chi connectivity index (χ1v) is 16.8. The number of nitrogens with zero attached hydrogens (tertiary/aromatic N) is 3. The predicted octanol–water partition coefficient (Wildman–Crippen LogP) is 12.4. The lowest BCUT2D eigenvalue weighted by Crippen LogP contribution is -2.18. The van der Waals surface area contributed by atoms with E-state index in [0.29, 0.717) is 0 Å². The third kappa shape index (κ3) is 4.19. The molecule has 0 fully saturated rings. The topological polar surface area (TPSA) is 21.1 Å². The van der Waals surface area contributed by atoms with Crippen LogP contribution in [0.1, 0.15) is 5.82 Å². The Morgan fingerprint density at radius 3 is 1.65 bits per heavy atom. The van der Waals surface area contributed by atoms with E-state index >= 15 is 0 Å². The molecule has 1 aliphatic heterocycles. The number of rotatable bonds is 4. The first-order chi connectivity index (χ1) is 24.2. The molecule has 9 aromatic rings. The maximum atomic E-state index is 4.95. The molecule has 49 heavy (non-hydrogen) atoms. The summed E-state index contributed by atoms with van der Waals surface area (Å²) in [6.45, 7) is 2.10. The van der Waals surface area contributed by atoms with E-state index in [1.54, 1.807) is 0 Å². The van der Waals surface area contributed by atoms with E-state index in [1.807, 2.05) is 0 Å². The van der Waals surface area contributed by atoms with Crippen molar-refractivity contribution in [3.8, 4) is 39.1 Å². The van der Waals surface area contributed by atoms with Crippen LogP contribution < -0.4 is 4.90 Å². The van der Waals surface area contributed by atoms with Crippen LogP contribution in [-0.2, 0) is 0 Å². The molecule has 0 spiro atoms. The molecule has 0 aliphatic carbocycles. The molecule has 3 nitrogen and oxygen atoms in total. The fourth-order valence-electron chi connectivity index (χ4n) is 7.97. The number of para-hydroxylation sites is 2. The van der Waals surface area contributed by atoms with E-state index in [1.165, 1.54) is 54.9 Å². The molecule has 0 atom stereocenters. The molecule has 10 rings (SSSR count). The zero-order valence-corrected chi connectivity index (χ0v) is 27.0. The van der Waals surface area contributed by atoms with E-state index in [2.05, 4.69) is 186 Å². The average Bonchev–Trinajstić information content (AvgIpc) is 3.51. The van der Waals surface area contributed by atoms with Crippen LogP contribution in [-0.4, -0.2) is 9.55 Å². The Hall–Kier alpha value is -6.45. The van der Waals surface area contributed by atoms with Crippen LogP contribution in [0.4, 0.5) is 17.1 Å². The maximum absolute atomic E-state index is 4.95. The van der Waals surface area contributed by atoms with Crippen molar-refractivity contribution in [2.24, 2.45) is 0 Å². The summed E-state index contributed by atoms with van der Waals surface area (Å²) >= 11 is 0. The van der Waals surface area contributed by atoms with Crippen molar-refractivity contribution < 1.29 is 0 Å². The molecule has 0 saturated heterocycles. The minimum Gasteiger partial charge on any atom is -0.306 e. The van der Waals surface area contributed by atoms with Crippen LogP contribution >= 0.6 is 0 Å². The first-order valence-electron chi connectivity index (χ1n) is 16.8. The van der Waals surface area contributed by atoms with Crippen molar-refractivity contribution in [3.05, 3.63) is 176 Å². The number of anilines is 3. The van der Waals surface area contributed by atoms with Crippen LogP contribution in [0.5, 0.6) is 0 Å². The number of fused-ring (bicyclic) bond motifs is 4. The summed E-state index contributed by atoms with van der Waals surface area (Å²) in [7, 11) is 0. The normalized spacial score (nSPS) is 12.1. The van der Waals surface area contributed by atoms with E-state index in [9.17, 15) is 0 Å². The zero-order chi connectivity index (χ0) is 32.5. The maximum Gasteiger partial charge on any atom is 0.111 e. The SMILES string of the molecule is Cc1nc2cccc3c2n1-c1ccc(-c2cccc(-c4c5ccccc5c(-c5ccccc5)c5ccccc45)c2)cc1N3c1ccccc1. The quantitative estimate of drug-likeness (QED) is 0.181. The summed E-state index contributed by atoms with van der Waals surface area (Å²) in [6.07, 6.45) is 0. The largest absolute Gasteiger partial charge is 0.306 e. The molecule has 1 aromatic heterocycles. The Labute approximate surface area is 285 Å². The Kier molecular flexibility index (Phi) is 6.09. The van der Waals surface area contributed by atoms with Gasteiger partial charge < -0.3 is 4.90 Å². The molecule has 8 aromatic carbocycles. The van der Waals surface area contributed by atoms with Gasteiger partial charge in [0.15, 0.2) is 0 Å². The van der Waals surface area contributed by atoms with Crippen molar-refractivity contribution in [2.45, 2.75) is 6.92 Å². The number of aryl methyl sites for hydroxylation is 1. The van der Waals surface area contributed by atoms with E-state index in [0.717, 1.165) is 39.6 Å². The average molecular weight is 626 g/mol. The number of aromatic nitrogens is 2. The number of hydrogen-bond acceptors (Lipinski definition) is 2. The summed E-state index contributed by atoms with van der Waals surface area (Å²) in [5.41, 5.74) is 14.0. The molecule has 0 N–H and O–H groups in total. The van der Waals surface area contributed by atoms with Gasteiger partial charge in [0.05, 0.1) is 28.1 Å². The second-order valence-electron chi connectivity index (χ2n) is 12.8. The van der Waals surface area contributed by atoms with E-state index < -0.39 is 0 Å². The Bertz CT molecular complexity index is 2670. The van der Waals surface area contributed by atoms with Crippen LogP contribution in [0.2, 0.25) is 0 Å². The van der Waals surface area contributed by atoms with Gasteiger partial charge >= 0.3 is 0 Å². The highest BCUT2D eigenvalue weighted by Gasteiger charge is 2.28. The molecule has 3 heteroatoms. The van der Waals surface area contributed by atoms with Crippen LogP contribution in [0.15, 0.2) is 170 Å². The molecule has 0 saturated carbocycles. The van der Waals surface area contributed by atoms with Crippen LogP contribution in [0, 0.1) is 6.92 Å². The number of benzene rings is 8. The molecular weight excluding hydrogens is 595 g/mol. The van der Waals surface area contributed by atoms with Gasteiger partial charge in [-0.15, -0.1) is 0 Å². The van der Waals surface area contributed by atoms with Crippen LogP contribution in [0.25, 0.3) is 71.6 Å². The molecule has 2 heterocycles. The fraction of sp³-hybridized carbons (Fsp3) is 0.0217. The Morgan fingerprint density at radius 2 is 0.959 bits per heavy atom. The lowest BCUT2D eigenvalue weighted by molar-refractivity contribution is 0.982. The third-order valence-electron chi connectivity index (χ3n) is 10.0. The Morgan fingerprint density at radius 1 is 0.408 bits per heavy atom. The molecule has 0 radical (unpaired) electrons. The smallest absolute Gasteiger partial charge is 0.111 e. The van der Waals surface area contributed by atoms with E-state index in [4.69, 9.17) is 4.98 Å². The summed E-state index contributed by atoms with van der Waals surface area (Å²) in [6, 6.07) is 61.5. The van der Waals surface area contributed by atoms with Gasteiger partial charge in [0.2, 0.25) is 0 Å². The lowest BCUT2D eigenvalue weighted by Gasteiger charge is -2.33. The highest BCUT2D eigenvalue weighted by atomic mass is 15.2. The first kappa shape index (κ1) is 27.6. The van der Waals surface area contributed by atoms with Crippen molar-refractivity contribution in [1.29, 1.82) is 0 Å². The van der Waals surface area contributed by atoms with Gasteiger partial charge in [-0.2, -0.15) is 0 Å². The van der Waals surface area contributed by atoms with E-state index in [-0.39, 0.29) is 0 Å². The van der Waals surface area contributed by atoms with Crippen molar-refractivity contribution in [1.82, 2.24) is 9.55 Å². The predicted molar refractivity (Wildman–Crippen MR) is 205 cm³/mol. The summed E-state index contributed by atoms with van der Waals surface area (Å²) in [4.78, 5) is 7.33. The molecule has 0 unspecified atom stereocenters. The van der Waals surface area contributed by atoms with Gasteiger partial charge in [-0.05, 0) is 104 Å². The highest BCUT2D eigenvalue weighted by molar-refractivity contribution is 6.21. The fourth-order valence-corrected chi connectivity index (χ4v) is 7.97. The second-order valence-corrected chi connectivity index (χ2v) is 12.8. The van der Waals surface area contributed by atoms with Crippen molar-refractivity contribution >= 4 is 49.6 Å². The van der Waals surface area contributed by atoms with Crippen molar-refractivity contribution in [2.75, 3.05) is 4.90 Å². The van der Waals surface area contributed by atoms with Gasteiger partial charge in [0.1, 0.15) is 5.82 Å². The minimum atomic E-state index is 0.990. The minimum absolute atomic E-state index is 0.990. The van der Waals surface area contributed by atoms with Gasteiger partial charge in [-0.3, -0.25) is 4.57 Å². The molecule has 0 amide bonds. The third-order valence-corrected chi connectivity index (χ3v) is 10.0. The zero-order valence-electron chi connectivity index (χ0n) is 27.0. The lowest BCUT2D eigenvalue weighted by atomic mass is 9.85. The number of imidazole rings is 1. The highest BCUT2D eigenvalue weighted by Crippen LogP contribution is 2.49. The summed E-state index contributed by atoms with van der Waals surface area (Å²) in [5, 5.41) is 5.05. The van der Waals surface area contributed by atoms with Gasteiger partial charge in [0.25, 0.3) is 0 Å². The standard InChI is InChI=1S/C46H31N3/c1-30-47-40-24-13-25-42-46(40)48(30)41-27-26-33(29-43(41)49(42)35-18-6-3-7-19-35)32-16-12-17-34(28-32)45-38-22-10-8-20-36(38)44(31-14-4-2-5-15-31)37-21-9-11-23-39(37)45/h2-29H,1H3. The Balaban J connectivity index is 1.19. The van der Waals surface area contributed by atoms with Crippen LogP contribution in [0.3, 0.4) is 0 Å². The summed E-state index contributed by atoms with van der Waals surface area (Å²) < 4.78 is 2.31. The molecule has 0 bridgehead atoms. The molecule has 1 aliphatic rings. The van der Waals surface area contributed by atoms with Gasteiger partial charge in [0, 0.05) is 5.69 Å².